The van der Waals surface area contributed by atoms with Gasteiger partial charge in [-0.3, -0.25) is 0 Å². The van der Waals surface area contributed by atoms with Gasteiger partial charge in [0, 0.05) is 15.1 Å². The van der Waals surface area contributed by atoms with Crippen molar-refractivity contribution in [2.24, 2.45) is 0 Å². The van der Waals surface area contributed by atoms with E-state index in [0.29, 0.717) is 0 Å². The molecule has 0 fully saturated rings. The number of rotatable bonds is 6. The molecule has 0 aliphatic rings. The first-order chi connectivity index (χ1) is 12.6. The van der Waals surface area contributed by atoms with Gasteiger partial charge >= 0.3 is 0 Å². The van der Waals surface area contributed by atoms with Crippen molar-refractivity contribution in [2.45, 2.75) is 26.2 Å². The van der Waals surface area contributed by atoms with E-state index in [-0.39, 0.29) is 6.71 Å². The van der Waals surface area contributed by atoms with E-state index in [4.69, 9.17) is 34.8 Å². The number of unbranched alkanes of at least 4 members (excludes halogenated alkanes) is 1. The predicted molar refractivity (Wildman–Crippen MR) is 118 cm³/mol. The summed E-state index contributed by atoms with van der Waals surface area (Å²) in [5.74, 6) is 0. The monoisotopic (exact) mass is 400 g/mol. The molecule has 0 unspecified atom stereocenters. The second-order valence-electron chi connectivity index (χ2n) is 6.45. The Morgan fingerprint density at radius 1 is 0.769 bits per heavy atom. The topological polar surface area (TPSA) is 0 Å². The van der Waals surface area contributed by atoms with Crippen LogP contribution in [0.15, 0.2) is 66.7 Å². The van der Waals surface area contributed by atoms with Crippen LogP contribution >= 0.6 is 34.8 Å². The second kappa shape index (κ2) is 8.99. The minimum absolute atomic E-state index is 0.0398. The van der Waals surface area contributed by atoms with Gasteiger partial charge < -0.3 is 0 Å². The first-order valence-corrected chi connectivity index (χ1v) is 10.0. The zero-order valence-corrected chi connectivity index (χ0v) is 17.0. The van der Waals surface area contributed by atoms with Crippen LogP contribution in [0, 0.1) is 0 Å². The van der Waals surface area contributed by atoms with Gasteiger partial charge in [0.2, 0.25) is 6.71 Å². The van der Waals surface area contributed by atoms with E-state index in [1.54, 1.807) is 0 Å². The molecule has 0 saturated heterocycles. The van der Waals surface area contributed by atoms with Gasteiger partial charge in [-0.05, 0) is 48.7 Å². The van der Waals surface area contributed by atoms with Crippen molar-refractivity contribution in [3.63, 3.8) is 0 Å². The lowest BCUT2D eigenvalue weighted by Gasteiger charge is -2.20. The van der Waals surface area contributed by atoms with Gasteiger partial charge in [-0.1, -0.05) is 101 Å². The van der Waals surface area contributed by atoms with Gasteiger partial charge in [-0.15, -0.1) is 0 Å². The van der Waals surface area contributed by atoms with Crippen molar-refractivity contribution in [2.75, 3.05) is 0 Å². The van der Waals surface area contributed by atoms with Crippen molar-refractivity contribution >= 4 is 57.9 Å². The minimum atomic E-state index is 0.0398. The van der Waals surface area contributed by atoms with Crippen LogP contribution in [0.3, 0.4) is 0 Å². The molecule has 0 bridgehead atoms. The fourth-order valence-corrected chi connectivity index (χ4v) is 4.06. The van der Waals surface area contributed by atoms with Crippen molar-refractivity contribution in [1.82, 2.24) is 0 Å². The Labute approximate surface area is 171 Å². The van der Waals surface area contributed by atoms with E-state index < -0.39 is 0 Å². The summed E-state index contributed by atoms with van der Waals surface area (Å²) in [5.41, 5.74) is 4.70. The summed E-state index contributed by atoms with van der Waals surface area (Å²) in [6, 6.07) is 22.2. The third-order valence-electron chi connectivity index (χ3n) is 4.61. The molecule has 0 heterocycles. The normalized spacial score (nSPS) is 10.8. The van der Waals surface area contributed by atoms with Crippen LogP contribution in [0.1, 0.15) is 25.3 Å². The highest BCUT2D eigenvalue weighted by Gasteiger charge is 2.25. The summed E-state index contributed by atoms with van der Waals surface area (Å²) >= 11 is 19.2. The summed E-state index contributed by atoms with van der Waals surface area (Å²) in [7, 11) is 0. The first kappa shape index (κ1) is 19.4. The molecule has 0 aliphatic carbocycles. The van der Waals surface area contributed by atoms with Crippen molar-refractivity contribution < 1.29 is 0 Å². The molecule has 0 saturated carbocycles. The standard InChI is InChI=1S/C22H20BCl3/c1-2-3-11-20-21(12-6-13-22(20)26)23(16-7-4-9-18(24)14-16)17-8-5-10-19(25)15-17/h4-10,12-15H,2-3,11H2,1H3. The molecule has 0 aliphatic heterocycles. The van der Waals surface area contributed by atoms with E-state index in [2.05, 4.69) is 25.1 Å². The quantitative estimate of drug-likeness (QED) is 0.478. The Morgan fingerprint density at radius 3 is 1.88 bits per heavy atom. The van der Waals surface area contributed by atoms with E-state index in [9.17, 15) is 0 Å². The lowest BCUT2D eigenvalue weighted by atomic mass is 9.36. The van der Waals surface area contributed by atoms with E-state index in [1.807, 2.05) is 48.5 Å². The molecule has 3 aromatic rings. The predicted octanol–water partition coefficient (Wildman–Crippen LogP) is 5.51. The average Bonchev–Trinajstić information content (AvgIpc) is 2.62. The molecule has 0 aromatic heterocycles. The van der Waals surface area contributed by atoms with Crippen molar-refractivity contribution in [3.05, 3.63) is 87.4 Å². The summed E-state index contributed by atoms with van der Waals surface area (Å²) in [6.07, 6.45) is 3.20. The number of hydrogen-bond donors (Lipinski definition) is 0. The van der Waals surface area contributed by atoms with Crippen LogP contribution in [-0.2, 0) is 6.42 Å². The molecule has 4 heteroatoms. The molecular formula is C22H20BCl3. The molecule has 0 amide bonds. The minimum Gasteiger partial charge on any atom is -0.0844 e. The summed E-state index contributed by atoms with van der Waals surface area (Å²) < 4.78 is 0. The fourth-order valence-electron chi connectivity index (χ4n) is 3.39. The van der Waals surface area contributed by atoms with Gasteiger partial charge in [0.25, 0.3) is 0 Å². The Hall–Kier alpha value is -1.41. The van der Waals surface area contributed by atoms with Crippen molar-refractivity contribution in [1.29, 1.82) is 0 Å². The lowest BCUT2D eigenvalue weighted by Crippen LogP contribution is -2.53. The van der Waals surface area contributed by atoms with Crippen LogP contribution < -0.4 is 16.4 Å². The Balaban J connectivity index is 2.20. The van der Waals surface area contributed by atoms with Crippen LogP contribution in [-0.4, -0.2) is 6.71 Å². The molecule has 0 spiro atoms. The fraction of sp³-hybridized carbons (Fsp3) is 0.182. The van der Waals surface area contributed by atoms with Crippen LogP contribution in [0.5, 0.6) is 0 Å². The zero-order valence-electron chi connectivity index (χ0n) is 14.7. The lowest BCUT2D eigenvalue weighted by molar-refractivity contribution is 0.798. The summed E-state index contributed by atoms with van der Waals surface area (Å²) in [6.45, 7) is 2.24. The highest BCUT2D eigenvalue weighted by atomic mass is 35.5. The van der Waals surface area contributed by atoms with Crippen LogP contribution in [0.25, 0.3) is 0 Å². The smallest absolute Gasteiger partial charge is 0.0844 e. The number of benzene rings is 3. The van der Waals surface area contributed by atoms with Gasteiger partial charge in [0.05, 0.1) is 0 Å². The molecule has 26 heavy (non-hydrogen) atoms. The second-order valence-corrected chi connectivity index (χ2v) is 7.73. The number of hydrogen-bond acceptors (Lipinski definition) is 0. The zero-order chi connectivity index (χ0) is 18.5. The van der Waals surface area contributed by atoms with Crippen LogP contribution in [0.4, 0.5) is 0 Å². The van der Waals surface area contributed by atoms with E-state index in [1.165, 1.54) is 11.0 Å². The Bertz CT molecular complexity index is 847. The maximum Gasteiger partial charge on any atom is 0.241 e. The molecular weight excluding hydrogens is 381 g/mol. The largest absolute Gasteiger partial charge is 0.241 e. The third kappa shape index (κ3) is 4.46. The maximum atomic E-state index is 6.59. The van der Waals surface area contributed by atoms with E-state index in [0.717, 1.165) is 45.3 Å². The summed E-state index contributed by atoms with van der Waals surface area (Å²) in [5, 5.41) is 2.28. The van der Waals surface area contributed by atoms with Crippen LogP contribution in [0.2, 0.25) is 15.1 Å². The Kier molecular flexibility index (Phi) is 6.70. The van der Waals surface area contributed by atoms with Gasteiger partial charge in [-0.25, -0.2) is 0 Å². The maximum absolute atomic E-state index is 6.59. The third-order valence-corrected chi connectivity index (χ3v) is 5.43. The number of halogens is 3. The SMILES string of the molecule is CCCCc1c(Cl)cccc1B(c1cccc(Cl)c1)c1cccc(Cl)c1. The average molecular weight is 402 g/mol. The molecule has 3 rings (SSSR count). The van der Waals surface area contributed by atoms with Gasteiger partial charge in [0.15, 0.2) is 0 Å². The highest BCUT2D eigenvalue weighted by Crippen LogP contribution is 2.18. The molecule has 0 atom stereocenters. The van der Waals surface area contributed by atoms with Crippen molar-refractivity contribution in [3.8, 4) is 0 Å². The molecule has 3 aromatic carbocycles. The molecule has 0 N–H and O–H groups in total. The molecule has 0 radical (unpaired) electrons. The molecule has 132 valence electrons. The first-order valence-electron chi connectivity index (χ1n) is 8.88. The van der Waals surface area contributed by atoms with E-state index >= 15 is 0 Å². The van der Waals surface area contributed by atoms with Gasteiger partial charge in [-0.2, -0.15) is 0 Å². The summed E-state index contributed by atoms with van der Waals surface area (Å²) in [4.78, 5) is 0. The Morgan fingerprint density at radius 2 is 1.35 bits per heavy atom. The molecule has 0 nitrogen and oxygen atoms in total. The highest BCUT2D eigenvalue weighted by molar-refractivity contribution is 6.96. The van der Waals surface area contributed by atoms with Gasteiger partial charge in [0.1, 0.15) is 0 Å².